The summed E-state index contributed by atoms with van der Waals surface area (Å²) in [7, 11) is 0. The van der Waals surface area contributed by atoms with Crippen molar-refractivity contribution in [3.05, 3.63) is 77.4 Å². The van der Waals surface area contributed by atoms with Crippen LogP contribution in [0.1, 0.15) is 23.6 Å². The zero-order valence-corrected chi connectivity index (χ0v) is 15.5. The molecule has 2 aromatic carbocycles. The SMILES string of the molecule is Cc1ccc(CC(=O)Nc2ccc(N3c4ccccc4CC3C)nn2)cc1. The van der Waals surface area contributed by atoms with Crippen molar-refractivity contribution in [1.29, 1.82) is 0 Å². The van der Waals surface area contributed by atoms with E-state index < -0.39 is 0 Å². The number of nitrogens with zero attached hydrogens (tertiary/aromatic N) is 3. The number of aromatic nitrogens is 2. The quantitative estimate of drug-likeness (QED) is 0.764. The molecule has 0 radical (unpaired) electrons. The summed E-state index contributed by atoms with van der Waals surface area (Å²) < 4.78 is 0. The van der Waals surface area contributed by atoms with Gasteiger partial charge in [-0.2, -0.15) is 0 Å². The zero-order valence-electron chi connectivity index (χ0n) is 15.5. The number of para-hydroxylation sites is 1. The van der Waals surface area contributed by atoms with Gasteiger partial charge in [0.15, 0.2) is 11.6 Å². The summed E-state index contributed by atoms with van der Waals surface area (Å²) in [6.45, 7) is 4.21. The number of hydrogen-bond acceptors (Lipinski definition) is 4. The Labute approximate surface area is 159 Å². The van der Waals surface area contributed by atoms with Crippen LogP contribution in [0.5, 0.6) is 0 Å². The lowest BCUT2D eigenvalue weighted by Crippen LogP contribution is -2.25. The van der Waals surface area contributed by atoms with E-state index >= 15 is 0 Å². The first-order chi connectivity index (χ1) is 13.1. The average Bonchev–Trinajstić information content (AvgIpc) is 3.00. The molecule has 1 atom stereocenters. The predicted octanol–water partition coefficient (Wildman–Crippen LogP) is 4.05. The number of anilines is 3. The van der Waals surface area contributed by atoms with Gasteiger partial charge >= 0.3 is 0 Å². The van der Waals surface area contributed by atoms with Crippen molar-refractivity contribution >= 4 is 23.2 Å². The lowest BCUT2D eigenvalue weighted by molar-refractivity contribution is -0.115. The van der Waals surface area contributed by atoms with Gasteiger partial charge in [0, 0.05) is 11.7 Å². The van der Waals surface area contributed by atoms with Gasteiger partial charge in [-0.25, -0.2) is 0 Å². The fourth-order valence-corrected chi connectivity index (χ4v) is 3.51. The van der Waals surface area contributed by atoms with Crippen LogP contribution in [0.4, 0.5) is 17.3 Å². The van der Waals surface area contributed by atoms with E-state index in [2.05, 4.69) is 45.5 Å². The minimum Gasteiger partial charge on any atom is -0.321 e. The number of carbonyl (C=O) groups excluding carboxylic acids is 1. The third-order valence-corrected chi connectivity index (χ3v) is 4.86. The number of nitrogens with one attached hydrogen (secondary N) is 1. The molecule has 3 aromatic rings. The summed E-state index contributed by atoms with van der Waals surface area (Å²) >= 11 is 0. The summed E-state index contributed by atoms with van der Waals surface area (Å²) in [5, 5.41) is 11.4. The second kappa shape index (κ2) is 7.19. The Morgan fingerprint density at radius 3 is 2.59 bits per heavy atom. The number of rotatable bonds is 4. The van der Waals surface area contributed by atoms with Crippen LogP contribution in [0, 0.1) is 6.92 Å². The van der Waals surface area contributed by atoms with Crippen LogP contribution in [0.25, 0.3) is 0 Å². The molecule has 0 spiro atoms. The molecule has 1 amide bonds. The molecule has 4 rings (SSSR count). The first-order valence-corrected chi connectivity index (χ1v) is 9.16. The van der Waals surface area contributed by atoms with E-state index in [4.69, 9.17) is 0 Å². The molecular weight excluding hydrogens is 336 g/mol. The molecular formula is C22H22N4O. The minimum atomic E-state index is -0.0965. The lowest BCUT2D eigenvalue weighted by Gasteiger charge is -2.23. The highest BCUT2D eigenvalue weighted by atomic mass is 16.1. The van der Waals surface area contributed by atoms with Gasteiger partial charge in [-0.1, -0.05) is 48.0 Å². The molecule has 0 aliphatic carbocycles. The Morgan fingerprint density at radius 2 is 1.85 bits per heavy atom. The van der Waals surface area contributed by atoms with E-state index in [1.807, 2.05) is 49.4 Å². The molecule has 1 aliphatic rings. The van der Waals surface area contributed by atoms with Crippen molar-refractivity contribution in [1.82, 2.24) is 10.2 Å². The molecule has 136 valence electrons. The lowest BCUT2D eigenvalue weighted by atomic mass is 10.1. The summed E-state index contributed by atoms with van der Waals surface area (Å²) in [6.07, 6.45) is 1.31. The van der Waals surface area contributed by atoms with Gasteiger partial charge in [-0.15, -0.1) is 10.2 Å². The van der Waals surface area contributed by atoms with E-state index in [9.17, 15) is 4.79 Å². The molecule has 5 nitrogen and oxygen atoms in total. The molecule has 1 N–H and O–H groups in total. The maximum atomic E-state index is 12.2. The highest BCUT2D eigenvalue weighted by molar-refractivity contribution is 5.91. The van der Waals surface area contributed by atoms with Crippen LogP contribution in [-0.4, -0.2) is 22.1 Å². The van der Waals surface area contributed by atoms with Gasteiger partial charge in [0.1, 0.15) is 0 Å². The Balaban J connectivity index is 1.45. The molecule has 2 heterocycles. The Kier molecular flexibility index (Phi) is 4.59. The monoisotopic (exact) mass is 358 g/mol. The third-order valence-electron chi connectivity index (χ3n) is 4.86. The number of benzene rings is 2. The molecule has 0 bridgehead atoms. The number of aryl methyl sites for hydroxylation is 1. The minimum absolute atomic E-state index is 0.0965. The average molecular weight is 358 g/mol. The Bertz CT molecular complexity index is 951. The largest absolute Gasteiger partial charge is 0.321 e. The van der Waals surface area contributed by atoms with Crippen LogP contribution in [-0.2, 0) is 17.6 Å². The zero-order chi connectivity index (χ0) is 18.8. The summed E-state index contributed by atoms with van der Waals surface area (Å²) in [4.78, 5) is 14.4. The topological polar surface area (TPSA) is 58.1 Å². The fraction of sp³-hybridized carbons (Fsp3) is 0.227. The summed E-state index contributed by atoms with van der Waals surface area (Å²) in [5.74, 6) is 1.17. The van der Waals surface area contributed by atoms with Crippen LogP contribution in [0.15, 0.2) is 60.7 Å². The molecule has 1 unspecified atom stereocenters. The van der Waals surface area contributed by atoms with Gasteiger partial charge in [-0.3, -0.25) is 4.79 Å². The van der Waals surface area contributed by atoms with Gasteiger partial charge in [-0.05, 0) is 49.6 Å². The molecule has 27 heavy (non-hydrogen) atoms. The number of fused-ring (bicyclic) bond motifs is 1. The van der Waals surface area contributed by atoms with Gasteiger partial charge in [0.2, 0.25) is 5.91 Å². The number of hydrogen-bond donors (Lipinski definition) is 1. The Hall–Kier alpha value is -3.21. The van der Waals surface area contributed by atoms with Crippen molar-refractivity contribution < 1.29 is 4.79 Å². The smallest absolute Gasteiger partial charge is 0.229 e. The summed E-state index contributed by atoms with van der Waals surface area (Å²) in [5.41, 5.74) is 4.65. The van der Waals surface area contributed by atoms with Gasteiger partial charge < -0.3 is 10.2 Å². The van der Waals surface area contributed by atoms with Crippen molar-refractivity contribution in [3.63, 3.8) is 0 Å². The van der Waals surface area contributed by atoms with Crippen molar-refractivity contribution in [2.24, 2.45) is 0 Å². The van der Waals surface area contributed by atoms with E-state index in [1.54, 1.807) is 0 Å². The second-order valence-electron chi connectivity index (χ2n) is 7.04. The van der Waals surface area contributed by atoms with Crippen LogP contribution < -0.4 is 10.2 Å². The maximum Gasteiger partial charge on any atom is 0.229 e. The van der Waals surface area contributed by atoms with E-state index in [0.29, 0.717) is 18.3 Å². The van der Waals surface area contributed by atoms with Crippen LogP contribution >= 0.6 is 0 Å². The Morgan fingerprint density at radius 1 is 1.07 bits per heavy atom. The van der Waals surface area contributed by atoms with E-state index in [0.717, 1.165) is 17.8 Å². The first kappa shape index (κ1) is 17.2. The molecule has 0 saturated carbocycles. The number of amides is 1. The van der Waals surface area contributed by atoms with Crippen molar-refractivity contribution in [2.75, 3.05) is 10.2 Å². The number of carbonyl (C=O) groups is 1. The van der Waals surface area contributed by atoms with Crippen molar-refractivity contribution in [3.8, 4) is 0 Å². The first-order valence-electron chi connectivity index (χ1n) is 9.16. The molecule has 0 fully saturated rings. The van der Waals surface area contributed by atoms with Gasteiger partial charge in [0.05, 0.1) is 6.42 Å². The van der Waals surface area contributed by atoms with E-state index in [1.165, 1.54) is 16.8 Å². The normalized spacial score (nSPS) is 15.5. The van der Waals surface area contributed by atoms with Crippen LogP contribution in [0.3, 0.4) is 0 Å². The second-order valence-corrected chi connectivity index (χ2v) is 7.04. The van der Waals surface area contributed by atoms with Gasteiger partial charge in [0.25, 0.3) is 0 Å². The highest BCUT2D eigenvalue weighted by Crippen LogP contribution is 2.36. The third kappa shape index (κ3) is 3.67. The molecule has 5 heteroatoms. The van der Waals surface area contributed by atoms with E-state index in [-0.39, 0.29) is 5.91 Å². The van der Waals surface area contributed by atoms with Crippen LogP contribution in [0.2, 0.25) is 0 Å². The highest BCUT2D eigenvalue weighted by Gasteiger charge is 2.27. The molecule has 1 aromatic heterocycles. The maximum absolute atomic E-state index is 12.2. The summed E-state index contributed by atoms with van der Waals surface area (Å²) in [6, 6.07) is 20.4. The predicted molar refractivity (Wildman–Crippen MR) is 107 cm³/mol. The molecule has 1 aliphatic heterocycles. The standard InChI is InChI=1S/C22H22N4O/c1-15-7-9-17(10-8-15)14-22(27)23-20-11-12-21(25-24-20)26-16(2)13-18-5-3-4-6-19(18)26/h3-12,16H,13-14H2,1-2H3,(H,23,24,27). The molecule has 0 saturated heterocycles. The fourth-order valence-electron chi connectivity index (χ4n) is 3.51. The van der Waals surface area contributed by atoms with Crippen molar-refractivity contribution in [2.45, 2.75) is 32.7 Å².